The smallest absolute Gasteiger partial charge is 0.341 e. The Morgan fingerprint density at radius 3 is 2.53 bits per heavy atom. The minimum atomic E-state index is -4.06. The van der Waals surface area contributed by atoms with E-state index in [1.165, 1.54) is 14.0 Å². The van der Waals surface area contributed by atoms with Gasteiger partial charge in [-0.2, -0.15) is 0 Å². The Hall–Kier alpha value is -1.18. The second kappa shape index (κ2) is 6.31. The summed E-state index contributed by atoms with van der Waals surface area (Å²) in [6.07, 6.45) is 0. The van der Waals surface area contributed by atoms with Crippen LogP contribution in [-0.4, -0.2) is 34.7 Å². The zero-order chi connectivity index (χ0) is 14.6. The first-order chi connectivity index (χ1) is 8.77. The molecule has 1 rings (SSSR count). The summed E-state index contributed by atoms with van der Waals surface area (Å²) in [5, 5.41) is 0. The van der Waals surface area contributed by atoms with E-state index >= 15 is 0 Å². The van der Waals surface area contributed by atoms with Gasteiger partial charge in [0, 0.05) is 17.8 Å². The molecule has 0 aliphatic heterocycles. The maximum Gasteiger partial charge on any atom is 0.341 e. The van der Waals surface area contributed by atoms with Gasteiger partial charge >= 0.3 is 5.97 Å². The highest BCUT2D eigenvalue weighted by Crippen LogP contribution is 2.23. The van der Waals surface area contributed by atoms with Crippen LogP contribution in [0.5, 0.6) is 0 Å². The summed E-state index contributed by atoms with van der Waals surface area (Å²) in [5.41, 5.74) is -0.373. The number of benzene rings is 1. The minimum absolute atomic E-state index is 0.0639. The monoisotopic (exact) mass is 310 g/mol. The Bertz CT molecular complexity index is 585. The molecule has 0 unspecified atom stereocenters. The molecule has 0 radical (unpaired) electrons. The molecule has 0 aliphatic rings. The topological polar surface area (TPSA) is 69.7 Å². The molecule has 0 saturated heterocycles. The second-order valence-corrected chi connectivity index (χ2v) is 6.20. The maximum absolute atomic E-state index is 13.6. The van der Waals surface area contributed by atoms with Crippen molar-refractivity contribution < 1.29 is 27.1 Å². The molecule has 0 saturated carbocycles. The molecule has 0 atom stereocenters. The van der Waals surface area contributed by atoms with Gasteiger partial charge in [-0.3, -0.25) is 0 Å². The normalized spacial score (nSPS) is 11.4. The number of esters is 1. The molecule has 0 heterocycles. The van der Waals surface area contributed by atoms with Crippen LogP contribution in [0, 0.1) is 12.7 Å². The number of hydrogen-bond donors (Lipinski definition) is 0. The third-order valence-corrected chi connectivity index (χ3v) is 3.73. The molecule has 0 bridgehead atoms. The summed E-state index contributed by atoms with van der Waals surface area (Å²) < 4.78 is 45.5. The number of ether oxygens (including phenoxy) is 2. The van der Waals surface area contributed by atoms with E-state index in [9.17, 15) is 17.6 Å². The van der Waals surface area contributed by atoms with Crippen LogP contribution in [0.25, 0.3) is 0 Å². The highest BCUT2D eigenvalue weighted by atomic mass is 35.7. The first kappa shape index (κ1) is 15.9. The molecule has 106 valence electrons. The summed E-state index contributed by atoms with van der Waals surface area (Å²) in [6, 6.07) is 1.78. The van der Waals surface area contributed by atoms with Crippen LogP contribution < -0.4 is 0 Å². The molecule has 0 fully saturated rings. The number of methoxy groups -OCH3 is 1. The zero-order valence-electron chi connectivity index (χ0n) is 10.3. The Balaban J connectivity index is 3.11. The van der Waals surface area contributed by atoms with Gasteiger partial charge < -0.3 is 9.47 Å². The third kappa shape index (κ3) is 4.15. The third-order valence-electron chi connectivity index (χ3n) is 2.27. The molecule has 0 spiro atoms. The first-order valence-corrected chi connectivity index (χ1v) is 7.49. The Morgan fingerprint density at radius 1 is 1.37 bits per heavy atom. The van der Waals surface area contributed by atoms with Crippen molar-refractivity contribution >= 4 is 25.7 Å². The summed E-state index contributed by atoms with van der Waals surface area (Å²) in [6.45, 7) is 1.46. The van der Waals surface area contributed by atoms with E-state index < -0.39 is 26.4 Å². The molecule has 0 aromatic heterocycles. The van der Waals surface area contributed by atoms with Gasteiger partial charge in [-0.1, -0.05) is 0 Å². The molecule has 5 nitrogen and oxygen atoms in total. The minimum Gasteiger partial charge on any atom is -0.460 e. The van der Waals surface area contributed by atoms with Gasteiger partial charge in [0.25, 0.3) is 9.05 Å². The van der Waals surface area contributed by atoms with Crippen molar-refractivity contribution in [3.63, 3.8) is 0 Å². The van der Waals surface area contributed by atoms with Gasteiger partial charge in [-0.25, -0.2) is 17.6 Å². The van der Waals surface area contributed by atoms with Crippen LogP contribution in [0.1, 0.15) is 15.9 Å². The van der Waals surface area contributed by atoms with Crippen LogP contribution >= 0.6 is 10.7 Å². The quantitative estimate of drug-likeness (QED) is 0.472. The van der Waals surface area contributed by atoms with Crippen molar-refractivity contribution in [2.75, 3.05) is 20.3 Å². The predicted octanol–water partition coefficient (Wildman–Crippen LogP) is 1.86. The number of rotatable bonds is 5. The van der Waals surface area contributed by atoms with Gasteiger partial charge in [-0.05, 0) is 24.6 Å². The van der Waals surface area contributed by atoms with Gasteiger partial charge in [0.2, 0.25) is 0 Å². The molecule has 0 amide bonds. The van der Waals surface area contributed by atoms with Crippen molar-refractivity contribution in [3.05, 3.63) is 29.1 Å². The highest BCUT2D eigenvalue weighted by molar-refractivity contribution is 8.13. The van der Waals surface area contributed by atoms with Crippen molar-refractivity contribution in [1.82, 2.24) is 0 Å². The van der Waals surface area contributed by atoms with E-state index in [1.807, 2.05) is 0 Å². The van der Waals surface area contributed by atoms with E-state index in [-0.39, 0.29) is 23.7 Å². The predicted molar refractivity (Wildman–Crippen MR) is 66.3 cm³/mol. The van der Waals surface area contributed by atoms with Crippen LogP contribution in [0.3, 0.4) is 0 Å². The molecule has 19 heavy (non-hydrogen) atoms. The highest BCUT2D eigenvalue weighted by Gasteiger charge is 2.21. The molecule has 1 aromatic carbocycles. The van der Waals surface area contributed by atoms with Crippen molar-refractivity contribution in [1.29, 1.82) is 0 Å². The lowest BCUT2D eigenvalue weighted by Gasteiger charge is -2.08. The largest absolute Gasteiger partial charge is 0.460 e. The van der Waals surface area contributed by atoms with Crippen molar-refractivity contribution in [2.24, 2.45) is 0 Å². The van der Waals surface area contributed by atoms with Crippen LogP contribution in [0.15, 0.2) is 17.0 Å². The number of carbonyl (C=O) groups excluding carboxylic acids is 1. The van der Waals surface area contributed by atoms with E-state index in [2.05, 4.69) is 4.74 Å². The maximum atomic E-state index is 13.6. The van der Waals surface area contributed by atoms with Gasteiger partial charge in [0.1, 0.15) is 12.4 Å². The second-order valence-electron chi connectivity index (χ2n) is 3.66. The fraction of sp³-hybridized carbons (Fsp3) is 0.364. The molecular weight excluding hydrogens is 299 g/mol. The Labute approximate surface area is 114 Å². The lowest BCUT2D eigenvalue weighted by molar-refractivity contribution is 0.0383. The van der Waals surface area contributed by atoms with Gasteiger partial charge in [0.05, 0.1) is 17.1 Å². The average molecular weight is 311 g/mol. The fourth-order valence-corrected chi connectivity index (χ4v) is 2.57. The van der Waals surface area contributed by atoms with Crippen molar-refractivity contribution in [3.8, 4) is 0 Å². The zero-order valence-corrected chi connectivity index (χ0v) is 11.8. The Morgan fingerprint density at radius 2 is 2.00 bits per heavy atom. The molecule has 8 heteroatoms. The van der Waals surface area contributed by atoms with Crippen LogP contribution in [0.4, 0.5) is 4.39 Å². The average Bonchev–Trinajstić information content (AvgIpc) is 2.27. The molecule has 0 aliphatic carbocycles. The van der Waals surface area contributed by atoms with Crippen LogP contribution in [-0.2, 0) is 18.5 Å². The first-order valence-electron chi connectivity index (χ1n) is 5.18. The number of hydrogen-bond acceptors (Lipinski definition) is 5. The number of aryl methyl sites for hydroxylation is 1. The van der Waals surface area contributed by atoms with E-state index in [0.717, 1.165) is 12.1 Å². The lowest BCUT2D eigenvalue weighted by Crippen LogP contribution is -2.12. The van der Waals surface area contributed by atoms with E-state index in [1.54, 1.807) is 0 Å². The van der Waals surface area contributed by atoms with Crippen molar-refractivity contribution in [2.45, 2.75) is 11.8 Å². The SMILES string of the molecule is COCCOC(=O)c1cc(S(=O)(=O)Cl)c(C)cc1F. The summed E-state index contributed by atoms with van der Waals surface area (Å²) in [7, 11) is 2.55. The number of halogens is 2. The fourth-order valence-electron chi connectivity index (χ4n) is 1.37. The standard InChI is InChI=1S/C11H12ClFO5S/c1-7-5-9(13)8(6-10(7)19(12,15)16)11(14)18-4-3-17-2/h5-6H,3-4H2,1-2H3. The molecular formula is C11H12ClFO5S. The molecule has 1 aromatic rings. The summed E-state index contributed by atoms with van der Waals surface area (Å²) in [4.78, 5) is 11.3. The Kier molecular flexibility index (Phi) is 5.28. The summed E-state index contributed by atoms with van der Waals surface area (Å²) >= 11 is 0. The van der Waals surface area contributed by atoms with Gasteiger partial charge in [0.15, 0.2) is 0 Å². The lowest BCUT2D eigenvalue weighted by atomic mass is 10.1. The molecule has 0 N–H and O–H groups in total. The number of carbonyl (C=O) groups is 1. The summed E-state index contributed by atoms with van der Waals surface area (Å²) in [5.74, 6) is -1.85. The van der Waals surface area contributed by atoms with Gasteiger partial charge in [-0.15, -0.1) is 0 Å². The van der Waals surface area contributed by atoms with E-state index in [4.69, 9.17) is 15.4 Å². The van der Waals surface area contributed by atoms with Crippen LogP contribution in [0.2, 0.25) is 0 Å². The van der Waals surface area contributed by atoms with E-state index in [0.29, 0.717) is 0 Å².